The first kappa shape index (κ1) is 20.7. The van der Waals surface area contributed by atoms with Crippen LogP contribution in [0.1, 0.15) is 30.7 Å². The number of carbonyl (C=O) groups excluding carboxylic acids is 1. The summed E-state index contributed by atoms with van der Waals surface area (Å²) in [6.45, 7) is 1.44. The Labute approximate surface area is 159 Å². The van der Waals surface area contributed by atoms with Gasteiger partial charge in [0.25, 0.3) is 5.91 Å². The number of aliphatic hydroxyl groups excluding tert-OH is 1. The number of nitrogens with one attached hydrogen (secondary N) is 1. The van der Waals surface area contributed by atoms with Gasteiger partial charge in [0.15, 0.2) is 5.76 Å². The predicted octanol–water partition coefficient (Wildman–Crippen LogP) is 2.61. The Hall–Kier alpha value is -1.60. The van der Waals surface area contributed by atoms with Crippen LogP contribution in [0.5, 0.6) is 0 Å². The molecule has 0 aromatic heterocycles. The molecule has 0 aliphatic carbocycles. The van der Waals surface area contributed by atoms with E-state index in [1.165, 1.54) is 0 Å². The third-order valence-electron chi connectivity index (χ3n) is 4.03. The topological polar surface area (TPSA) is 77.0 Å². The average Bonchev–Trinajstić information content (AvgIpc) is 2.66. The molecule has 2 N–H and O–H groups in total. The number of rotatable bonds is 10. The summed E-state index contributed by atoms with van der Waals surface area (Å²) in [5.74, 6) is -0.0452. The summed E-state index contributed by atoms with van der Waals surface area (Å²) in [6.07, 6.45) is 3.32. The molecule has 0 fully saturated rings. The van der Waals surface area contributed by atoms with Gasteiger partial charge in [0.2, 0.25) is 6.29 Å². The highest BCUT2D eigenvalue weighted by Crippen LogP contribution is 2.32. The number of amides is 1. The molecule has 0 saturated carbocycles. The number of aliphatic hydroxyl groups is 1. The van der Waals surface area contributed by atoms with Crippen molar-refractivity contribution in [3.8, 4) is 0 Å². The lowest BCUT2D eigenvalue weighted by atomic mass is 9.93. The van der Waals surface area contributed by atoms with E-state index in [1.807, 2.05) is 30.3 Å². The van der Waals surface area contributed by atoms with Gasteiger partial charge in [0, 0.05) is 37.6 Å². The first-order valence-electron chi connectivity index (χ1n) is 8.77. The lowest BCUT2D eigenvalue weighted by Gasteiger charge is -2.29. The van der Waals surface area contributed by atoms with E-state index in [2.05, 4.69) is 5.32 Å². The molecule has 0 saturated heterocycles. The second kappa shape index (κ2) is 11.2. The van der Waals surface area contributed by atoms with E-state index in [9.17, 15) is 4.79 Å². The number of ether oxygens (including phenoxy) is 3. The maximum atomic E-state index is 12.4. The molecule has 1 aromatic rings. The van der Waals surface area contributed by atoms with Crippen LogP contribution in [-0.2, 0) is 19.0 Å². The fourth-order valence-corrected chi connectivity index (χ4v) is 2.77. The highest BCUT2D eigenvalue weighted by Gasteiger charge is 2.28. The van der Waals surface area contributed by atoms with Crippen LogP contribution in [0.4, 0.5) is 0 Å². The van der Waals surface area contributed by atoms with Gasteiger partial charge in [-0.25, -0.2) is 0 Å². The molecule has 0 bridgehead atoms. The van der Waals surface area contributed by atoms with Gasteiger partial charge >= 0.3 is 0 Å². The molecule has 6 nitrogen and oxygen atoms in total. The molecule has 1 aliphatic heterocycles. The van der Waals surface area contributed by atoms with E-state index in [1.54, 1.807) is 7.11 Å². The van der Waals surface area contributed by atoms with Gasteiger partial charge in [0.1, 0.15) is 0 Å². The van der Waals surface area contributed by atoms with Crippen LogP contribution in [0.2, 0.25) is 5.02 Å². The molecule has 7 heteroatoms. The van der Waals surface area contributed by atoms with Crippen molar-refractivity contribution < 1.29 is 24.1 Å². The van der Waals surface area contributed by atoms with Gasteiger partial charge in [-0.3, -0.25) is 4.79 Å². The first-order valence-corrected chi connectivity index (χ1v) is 9.15. The highest BCUT2D eigenvalue weighted by molar-refractivity contribution is 6.30. The molecule has 1 heterocycles. The maximum Gasteiger partial charge on any atom is 0.286 e. The number of methoxy groups -OCH3 is 1. The average molecular weight is 384 g/mol. The van der Waals surface area contributed by atoms with Crippen LogP contribution in [0.25, 0.3) is 0 Å². The van der Waals surface area contributed by atoms with E-state index < -0.39 is 6.29 Å². The van der Waals surface area contributed by atoms with Crippen LogP contribution in [0.15, 0.2) is 36.1 Å². The normalized spacial score (nSPS) is 19.6. The molecule has 2 rings (SSSR count). The lowest BCUT2D eigenvalue weighted by molar-refractivity contribution is -0.146. The molecule has 2 atom stereocenters. The summed E-state index contributed by atoms with van der Waals surface area (Å²) < 4.78 is 16.4. The molecule has 26 heavy (non-hydrogen) atoms. The lowest BCUT2D eigenvalue weighted by Crippen LogP contribution is -2.34. The summed E-state index contributed by atoms with van der Waals surface area (Å²) >= 11 is 5.97. The smallest absolute Gasteiger partial charge is 0.286 e. The number of unbranched alkanes of at least 4 members (excludes halogenated alkanes) is 1. The van der Waals surface area contributed by atoms with Gasteiger partial charge in [0.05, 0.1) is 13.2 Å². The monoisotopic (exact) mass is 383 g/mol. The molecule has 1 aromatic carbocycles. The van der Waals surface area contributed by atoms with Crippen molar-refractivity contribution in [2.45, 2.75) is 31.5 Å². The maximum absolute atomic E-state index is 12.4. The van der Waals surface area contributed by atoms with Crippen molar-refractivity contribution in [3.05, 3.63) is 46.7 Å². The minimum absolute atomic E-state index is 0.00738. The first-order chi connectivity index (χ1) is 12.6. The zero-order chi connectivity index (χ0) is 18.8. The summed E-state index contributed by atoms with van der Waals surface area (Å²) in [7, 11) is 1.58. The van der Waals surface area contributed by atoms with Crippen LogP contribution >= 0.6 is 11.6 Å². The number of benzene rings is 1. The largest absolute Gasteiger partial charge is 0.459 e. The molecule has 0 unspecified atom stereocenters. The van der Waals surface area contributed by atoms with E-state index in [0.717, 1.165) is 12.0 Å². The molecular formula is C19H26ClNO5. The highest BCUT2D eigenvalue weighted by atomic mass is 35.5. The second-order valence-electron chi connectivity index (χ2n) is 6.02. The van der Waals surface area contributed by atoms with Crippen LogP contribution in [0, 0.1) is 0 Å². The van der Waals surface area contributed by atoms with Crippen LogP contribution < -0.4 is 5.32 Å². The van der Waals surface area contributed by atoms with Crippen LogP contribution in [0.3, 0.4) is 0 Å². The summed E-state index contributed by atoms with van der Waals surface area (Å²) in [4.78, 5) is 12.4. The van der Waals surface area contributed by atoms with Crippen molar-refractivity contribution in [1.29, 1.82) is 0 Å². The Kier molecular flexibility index (Phi) is 8.91. The van der Waals surface area contributed by atoms with E-state index in [0.29, 0.717) is 37.6 Å². The van der Waals surface area contributed by atoms with Gasteiger partial charge in [-0.15, -0.1) is 0 Å². The van der Waals surface area contributed by atoms with E-state index in [-0.39, 0.29) is 24.2 Å². The summed E-state index contributed by atoms with van der Waals surface area (Å²) in [5.41, 5.74) is 1.05. The molecule has 0 radical (unpaired) electrons. The number of carbonyl (C=O) groups is 1. The molecule has 144 valence electrons. The fourth-order valence-electron chi connectivity index (χ4n) is 2.64. The van der Waals surface area contributed by atoms with Crippen LogP contribution in [-0.4, -0.2) is 50.8 Å². The van der Waals surface area contributed by atoms with Gasteiger partial charge in [-0.1, -0.05) is 23.7 Å². The Morgan fingerprint density at radius 1 is 1.31 bits per heavy atom. The molecule has 0 spiro atoms. The quantitative estimate of drug-likeness (QED) is 0.607. The standard InChI is InChI=1S/C19H26ClNO5/c1-24-11-8-21-19(23)17-12-15(14-4-6-16(20)7-5-14)13-18(26-17)25-10-3-2-9-22/h4-7,12,15,18,22H,2-3,8-11,13H2,1H3,(H,21,23)/t15-,18+/m0/s1. The van der Waals surface area contributed by atoms with Crippen molar-refractivity contribution in [1.82, 2.24) is 5.32 Å². The van der Waals surface area contributed by atoms with E-state index in [4.69, 9.17) is 30.9 Å². The van der Waals surface area contributed by atoms with Crippen molar-refractivity contribution >= 4 is 17.5 Å². The Balaban J connectivity index is 2.06. The predicted molar refractivity (Wildman–Crippen MR) is 98.9 cm³/mol. The number of allylic oxidation sites excluding steroid dienone is 1. The van der Waals surface area contributed by atoms with E-state index >= 15 is 0 Å². The Morgan fingerprint density at radius 3 is 2.77 bits per heavy atom. The summed E-state index contributed by atoms with van der Waals surface area (Å²) in [6, 6.07) is 7.54. The minimum Gasteiger partial charge on any atom is -0.459 e. The Morgan fingerprint density at radius 2 is 2.08 bits per heavy atom. The van der Waals surface area contributed by atoms with Crippen molar-refractivity contribution in [2.75, 3.05) is 33.5 Å². The zero-order valence-electron chi connectivity index (χ0n) is 14.9. The molecule has 1 amide bonds. The van der Waals surface area contributed by atoms with Crippen molar-refractivity contribution in [3.63, 3.8) is 0 Å². The third kappa shape index (κ3) is 6.61. The third-order valence-corrected chi connectivity index (χ3v) is 4.28. The van der Waals surface area contributed by atoms with Gasteiger partial charge in [-0.2, -0.15) is 0 Å². The SMILES string of the molecule is COCCNC(=O)C1=C[C@H](c2ccc(Cl)cc2)C[C@H](OCCCCO)O1. The van der Waals surface area contributed by atoms with Gasteiger partial charge < -0.3 is 24.6 Å². The summed E-state index contributed by atoms with van der Waals surface area (Å²) in [5, 5.41) is 12.3. The molecular weight excluding hydrogens is 358 g/mol. The molecule has 1 aliphatic rings. The number of halogens is 1. The Bertz CT molecular complexity index is 590. The van der Waals surface area contributed by atoms with Crippen molar-refractivity contribution in [2.24, 2.45) is 0 Å². The zero-order valence-corrected chi connectivity index (χ0v) is 15.7. The minimum atomic E-state index is -0.512. The second-order valence-corrected chi connectivity index (χ2v) is 6.46. The van der Waals surface area contributed by atoms with Gasteiger partial charge in [-0.05, 0) is 36.6 Å². The number of hydrogen-bond donors (Lipinski definition) is 2. The number of hydrogen-bond acceptors (Lipinski definition) is 5. The fraction of sp³-hybridized carbons (Fsp3) is 0.526.